The van der Waals surface area contributed by atoms with Crippen LogP contribution in [-0.4, -0.2) is 18.4 Å². The Morgan fingerprint density at radius 2 is 1.94 bits per heavy atom. The van der Waals surface area contributed by atoms with Gasteiger partial charge in [0.25, 0.3) is 0 Å². The van der Waals surface area contributed by atoms with Crippen LogP contribution in [0.1, 0.15) is 19.4 Å². The molecule has 0 aliphatic carbocycles. The summed E-state index contributed by atoms with van der Waals surface area (Å²) in [5.41, 5.74) is 2.65. The first-order valence-electron chi connectivity index (χ1n) is 5.38. The first-order valence-corrected chi connectivity index (χ1v) is 6.17. The van der Waals surface area contributed by atoms with Gasteiger partial charge in [0, 0.05) is 24.9 Å². The standard InChI is InChI=1S/C12H13BrN2O2/c1-7(16)15(8(2)17)11-6-10(13)5-9-3-4-14-12(9)11/h5-6,14H,3-4H2,1-2H3. The van der Waals surface area contributed by atoms with E-state index in [1.165, 1.54) is 18.7 Å². The van der Waals surface area contributed by atoms with E-state index in [0.29, 0.717) is 5.69 Å². The van der Waals surface area contributed by atoms with Gasteiger partial charge < -0.3 is 5.32 Å². The van der Waals surface area contributed by atoms with Crippen molar-refractivity contribution in [2.24, 2.45) is 0 Å². The Balaban J connectivity index is 2.58. The molecule has 90 valence electrons. The molecule has 0 atom stereocenters. The number of halogens is 1. The molecular formula is C12H13BrN2O2. The summed E-state index contributed by atoms with van der Waals surface area (Å²) in [6, 6.07) is 3.80. The molecule has 0 unspecified atom stereocenters. The molecular weight excluding hydrogens is 284 g/mol. The number of rotatable bonds is 1. The lowest BCUT2D eigenvalue weighted by Crippen LogP contribution is -2.33. The average Bonchev–Trinajstić information content (AvgIpc) is 2.63. The highest BCUT2D eigenvalue weighted by Gasteiger charge is 2.24. The fourth-order valence-corrected chi connectivity index (χ4v) is 2.60. The topological polar surface area (TPSA) is 49.4 Å². The molecule has 1 aliphatic heterocycles. The van der Waals surface area contributed by atoms with E-state index in [2.05, 4.69) is 21.2 Å². The molecule has 2 rings (SSSR count). The monoisotopic (exact) mass is 296 g/mol. The summed E-state index contributed by atoms with van der Waals surface area (Å²) >= 11 is 3.41. The number of nitrogens with zero attached hydrogens (tertiary/aromatic N) is 1. The van der Waals surface area contributed by atoms with E-state index < -0.39 is 0 Å². The molecule has 0 aromatic heterocycles. The normalized spacial score (nSPS) is 12.9. The molecule has 4 nitrogen and oxygen atoms in total. The molecule has 1 aliphatic rings. The summed E-state index contributed by atoms with van der Waals surface area (Å²) in [6.07, 6.45) is 0.908. The van der Waals surface area contributed by atoms with Gasteiger partial charge >= 0.3 is 0 Å². The highest BCUT2D eigenvalue weighted by atomic mass is 79.9. The number of nitrogens with one attached hydrogen (secondary N) is 1. The van der Waals surface area contributed by atoms with Crippen LogP contribution in [0.25, 0.3) is 0 Å². The minimum absolute atomic E-state index is 0.272. The average molecular weight is 297 g/mol. The van der Waals surface area contributed by atoms with Gasteiger partial charge in [-0.2, -0.15) is 0 Å². The largest absolute Gasteiger partial charge is 0.383 e. The van der Waals surface area contributed by atoms with Crippen molar-refractivity contribution in [3.05, 3.63) is 22.2 Å². The van der Waals surface area contributed by atoms with Crippen LogP contribution in [0.15, 0.2) is 16.6 Å². The van der Waals surface area contributed by atoms with Gasteiger partial charge in [-0.3, -0.25) is 9.59 Å². The number of carbonyl (C=O) groups is 2. The zero-order valence-electron chi connectivity index (χ0n) is 9.71. The summed E-state index contributed by atoms with van der Waals surface area (Å²) in [5.74, 6) is -0.544. The van der Waals surface area contributed by atoms with Crippen molar-refractivity contribution in [3.8, 4) is 0 Å². The van der Waals surface area contributed by atoms with Crippen molar-refractivity contribution in [1.29, 1.82) is 0 Å². The number of anilines is 2. The van der Waals surface area contributed by atoms with Gasteiger partial charge in [0.1, 0.15) is 0 Å². The van der Waals surface area contributed by atoms with E-state index in [1.54, 1.807) is 6.07 Å². The lowest BCUT2D eigenvalue weighted by atomic mass is 10.1. The smallest absolute Gasteiger partial charge is 0.230 e. The predicted molar refractivity (Wildman–Crippen MR) is 70.2 cm³/mol. The number of amides is 2. The fourth-order valence-electron chi connectivity index (χ4n) is 2.11. The minimum atomic E-state index is -0.272. The van der Waals surface area contributed by atoms with Crippen LogP contribution in [0.5, 0.6) is 0 Å². The van der Waals surface area contributed by atoms with E-state index >= 15 is 0 Å². The Morgan fingerprint density at radius 3 is 2.53 bits per heavy atom. The van der Waals surface area contributed by atoms with Gasteiger partial charge in [-0.1, -0.05) is 15.9 Å². The Bertz CT molecular complexity index is 486. The number of imide groups is 1. The second-order valence-corrected chi connectivity index (χ2v) is 4.92. The maximum atomic E-state index is 11.6. The quantitative estimate of drug-likeness (QED) is 0.865. The van der Waals surface area contributed by atoms with Crippen LogP contribution in [0.3, 0.4) is 0 Å². The first-order chi connectivity index (χ1) is 8.00. The van der Waals surface area contributed by atoms with Crippen LogP contribution >= 0.6 is 15.9 Å². The van der Waals surface area contributed by atoms with Crippen molar-refractivity contribution in [2.45, 2.75) is 20.3 Å². The van der Waals surface area contributed by atoms with Crippen molar-refractivity contribution < 1.29 is 9.59 Å². The molecule has 0 spiro atoms. The third kappa shape index (κ3) is 2.20. The number of hydrogen-bond donors (Lipinski definition) is 1. The van der Waals surface area contributed by atoms with Crippen LogP contribution in [-0.2, 0) is 16.0 Å². The molecule has 1 aromatic carbocycles. The van der Waals surface area contributed by atoms with E-state index in [4.69, 9.17) is 0 Å². The number of carbonyl (C=O) groups excluding carboxylic acids is 2. The van der Waals surface area contributed by atoms with Crippen LogP contribution in [0.4, 0.5) is 11.4 Å². The summed E-state index contributed by atoms with van der Waals surface area (Å²) in [7, 11) is 0. The highest BCUT2D eigenvalue weighted by molar-refractivity contribution is 9.10. The van der Waals surface area contributed by atoms with Crippen molar-refractivity contribution in [1.82, 2.24) is 0 Å². The molecule has 17 heavy (non-hydrogen) atoms. The van der Waals surface area contributed by atoms with Crippen molar-refractivity contribution in [2.75, 3.05) is 16.8 Å². The lowest BCUT2D eigenvalue weighted by molar-refractivity contribution is -0.124. The minimum Gasteiger partial charge on any atom is -0.383 e. The molecule has 0 fully saturated rings. The third-order valence-corrected chi connectivity index (χ3v) is 3.19. The SMILES string of the molecule is CC(=O)N(C(C)=O)c1cc(Br)cc2c1NCC2. The lowest BCUT2D eigenvalue weighted by Gasteiger charge is -2.20. The predicted octanol–water partition coefficient (Wildman–Crippen LogP) is 2.32. The van der Waals surface area contributed by atoms with Crippen LogP contribution in [0.2, 0.25) is 0 Å². The Hall–Kier alpha value is -1.36. The summed E-state index contributed by atoms with van der Waals surface area (Å²) in [5, 5.41) is 3.22. The first kappa shape index (κ1) is 12.1. The molecule has 0 saturated carbocycles. The maximum Gasteiger partial charge on any atom is 0.230 e. The van der Waals surface area contributed by atoms with Gasteiger partial charge in [-0.05, 0) is 24.1 Å². The fraction of sp³-hybridized carbons (Fsp3) is 0.333. The molecule has 1 aromatic rings. The van der Waals surface area contributed by atoms with Crippen LogP contribution in [0, 0.1) is 0 Å². The number of fused-ring (bicyclic) bond motifs is 1. The summed E-state index contributed by atoms with van der Waals surface area (Å²) < 4.78 is 0.877. The second kappa shape index (κ2) is 4.49. The Morgan fingerprint density at radius 1 is 1.29 bits per heavy atom. The molecule has 0 radical (unpaired) electrons. The van der Waals surface area contributed by atoms with Gasteiger partial charge in [-0.15, -0.1) is 0 Å². The number of benzene rings is 1. The van der Waals surface area contributed by atoms with E-state index in [-0.39, 0.29) is 11.8 Å². The van der Waals surface area contributed by atoms with E-state index in [9.17, 15) is 9.59 Å². The molecule has 0 saturated heterocycles. The molecule has 1 heterocycles. The third-order valence-electron chi connectivity index (χ3n) is 2.73. The zero-order chi connectivity index (χ0) is 12.6. The maximum absolute atomic E-state index is 11.6. The summed E-state index contributed by atoms with van der Waals surface area (Å²) in [4.78, 5) is 24.3. The van der Waals surface area contributed by atoms with E-state index in [0.717, 1.165) is 28.7 Å². The highest BCUT2D eigenvalue weighted by Crippen LogP contribution is 2.36. The van der Waals surface area contributed by atoms with Crippen molar-refractivity contribution in [3.63, 3.8) is 0 Å². The van der Waals surface area contributed by atoms with E-state index in [1.807, 2.05) is 6.07 Å². The van der Waals surface area contributed by atoms with Crippen LogP contribution < -0.4 is 10.2 Å². The summed E-state index contributed by atoms with van der Waals surface area (Å²) in [6.45, 7) is 3.62. The Kier molecular flexibility index (Phi) is 3.19. The molecule has 0 bridgehead atoms. The zero-order valence-corrected chi connectivity index (χ0v) is 11.3. The van der Waals surface area contributed by atoms with Crippen molar-refractivity contribution >= 4 is 39.1 Å². The number of hydrogen-bond acceptors (Lipinski definition) is 3. The second-order valence-electron chi connectivity index (χ2n) is 4.01. The molecule has 5 heteroatoms. The van der Waals surface area contributed by atoms with Gasteiger partial charge in [0.05, 0.1) is 11.4 Å². The van der Waals surface area contributed by atoms with Gasteiger partial charge in [0.2, 0.25) is 11.8 Å². The molecule has 2 amide bonds. The van der Waals surface area contributed by atoms with Gasteiger partial charge in [0.15, 0.2) is 0 Å². The molecule has 1 N–H and O–H groups in total. The van der Waals surface area contributed by atoms with Gasteiger partial charge in [-0.25, -0.2) is 4.90 Å². The Labute approximate surface area is 108 Å².